The SMILES string of the molecule is CCNC(=NCCc1cccc(C(=O)NC)c1)NCCN(C(=O)OC(C)(C)C)C1CC1. The maximum atomic E-state index is 12.5. The molecule has 2 amide bonds. The molecule has 0 unspecified atom stereocenters. The van der Waals surface area contributed by atoms with Gasteiger partial charge in [-0.05, 0) is 64.7 Å². The Balaban J connectivity index is 1.86. The summed E-state index contributed by atoms with van der Waals surface area (Å²) in [6.45, 7) is 10.2. The van der Waals surface area contributed by atoms with Crippen LogP contribution >= 0.6 is 0 Å². The summed E-state index contributed by atoms with van der Waals surface area (Å²) in [7, 11) is 1.63. The fraction of sp³-hybridized carbons (Fsp3) is 0.609. The van der Waals surface area contributed by atoms with Crippen molar-refractivity contribution < 1.29 is 14.3 Å². The first kappa shape index (κ1) is 24.5. The molecule has 31 heavy (non-hydrogen) atoms. The number of amides is 2. The van der Waals surface area contributed by atoms with E-state index in [0.29, 0.717) is 31.2 Å². The van der Waals surface area contributed by atoms with Crippen LogP contribution in [0.25, 0.3) is 0 Å². The van der Waals surface area contributed by atoms with E-state index < -0.39 is 5.60 Å². The van der Waals surface area contributed by atoms with Crippen molar-refractivity contribution in [2.24, 2.45) is 4.99 Å². The molecule has 1 aliphatic carbocycles. The highest BCUT2D eigenvalue weighted by Crippen LogP contribution is 2.28. The van der Waals surface area contributed by atoms with E-state index in [1.165, 1.54) is 0 Å². The predicted molar refractivity (Wildman–Crippen MR) is 123 cm³/mol. The Kier molecular flexibility index (Phi) is 9.15. The Morgan fingerprint density at radius 3 is 2.58 bits per heavy atom. The maximum absolute atomic E-state index is 12.5. The van der Waals surface area contributed by atoms with Crippen LogP contribution in [0.1, 0.15) is 56.5 Å². The zero-order chi connectivity index (χ0) is 22.9. The number of guanidine groups is 1. The third kappa shape index (κ3) is 8.86. The lowest BCUT2D eigenvalue weighted by atomic mass is 10.1. The molecule has 1 saturated carbocycles. The molecule has 0 heterocycles. The molecular formula is C23H37N5O3. The van der Waals surface area contributed by atoms with E-state index in [0.717, 1.165) is 31.4 Å². The number of rotatable bonds is 9. The van der Waals surface area contributed by atoms with Gasteiger partial charge in [-0.25, -0.2) is 4.79 Å². The molecule has 3 N–H and O–H groups in total. The Morgan fingerprint density at radius 1 is 1.23 bits per heavy atom. The minimum atomic E-state index is -0.497. The van der Waals surface area contributed by atoms with Crippen LogP contribution < -0.4 is 16.0 Å². The molecular weight excluding hydrogens is 394 g/mol. The number of nitrogens with one attached hydrogen (secondary N) is 3. The Morgan fingerprint density at radius 2 is 1.97 bits per heavy atom. The highest BCUT2D eigenvalue weighted by molar-refractivity contribution is 5.94. The molecule has 8 heteroatoms. The topological polar surface area (TPSA) is 95.1 Å². The number of hydrogen-bond acceptors (Lipinski definition) is 4. The maximum Gasteiger partial charge on any atom is 0.410 e. The number of nitrogens with zero attached hydrogens (tertiary/aromatic N) is 2. The highest BCUT2D eigenvalue weighted by Gasteiger charge is 2.34. The Labute approximate surface area is 185 Å². The molecule has 1 aromatic rings. The van der Waals surface area contributed by atoms with Crippen LogP contribution in [0.4, 0.5) is 4.79 Å². The van der Waals surface area contributed by atoms with E-state index in [4.69, 9.17) is 4.74 Å². The van der Waals surface area contributed by atoms with Crippen LogP contribution in [0.3, 0.4) is 0 Å². The van der Waals surface area contributed by atoms with Crippen molar-refractivity contribution in [3.63, 3.8) is 0 Å². The van der Waals surface area contributed by atoms with Gasteiger partial charge in [0.1, 0.15) is 5.60 Å². The van der Waals surface area contributed by atoms with Gasteiger partial charge in [0.2, 0.25) is 0 Å². The Bertz CT molecular complexity index is 769. The van der Waals surface area contributed by atoms with Crippen LogP contribution in [-0.4, -0.2) is 67.7 Å². The van der Waals surface area contributed by atoms with E-state index in [1.807, 2.05) is 50.8 Å². The van der Waals surface area contributed by atoms with Gasteiger partial charge in [0, 0.05) is 44.8 Å². The average molecular weight is 432 g/mol. The highest BCUT2D eigenvalue weighted by atomic mass is 16.6. The third-order valence-corrected chi connectivity index (χ3v) is 4.69. The van der Waals surface area contributed by atoms with Gasteiger partial charge in [0.15, 0.2) is 5.96 Å². The summed E-state index contributed by atoms with van der Waals surface area (Å²) in [5.41, 5.74) is 1.21. The van der Waals surface area contributed by atoms with Crippen LogP contribution in [-0.2, 0) is 11.2 Å². The fourth-order valence-electron chi connectivity index (χ4n) is 3.08. The van der Waals surface area contributed by atoms with E-state index >= 15 is 0 Å². The number of carbonyl (C=O) groups excluding carboxylic acids is 2. The lowest BCUT2D eigenvalue weighted by molar-refractivity contribution is 0.0237. The molecule has 0 aliphatic heterocycles. The van der Waals surface area contributed by atoms with Crippen molar-refractivity contribution >= 4 is 18.0 Å². The van der Waals surface area contributed by atoms with Crippen molar-refractivity contribution in [1.82, 2.24) is 20.9 Å². The second kappa shape index (κ2) is 11.6. The van der Waals surface area contributed by atoms with Gasteiger partial charge in [-0.3, -0.25) is 9.79 Å². The normalized spacial score (nSPS) is 14.0. The molecule has 0 saturated heterocycles. The molecule has 1 fully saturated rings. The van der Waals surface area contributed by atoms with Gasteiger partial charge in [-0.15, -0.1) is 0 Å². The molecule has 0 aromatic heterocycles. The largest absolute Gasteiger partial charge is 0.444 e. The van der Waals surface area contributed by atoms with Gasteiger partial charge in [-0.1, -0.05) is 12.1 Å². The molecule has 0 bridgehead atoms. The molecule has 8 nitrogen and oxygen atoms in total. The smallest absolute Gasteiger partial charge is 0.410 e. The number of aliphatic imine (C=N–C) groups is 1. The second-order valence-corrected chi connectivity index (χ2v) is 8.62. The van der Waals surface area contributed by atoms with Crippen LogP contribution in [0.2, 0.25) is 0 Å². The van der Waals surface area contributed by atoms with Crippen molar-refractivity contribution in [3.05, 3.63) is 35.4 Å². The van der Waals surface area contributed by atoms with Gasteiger partial charge < -0.3 is 25.6 Å². The van der Waals surface area contributed by atoms with Crippen molar-refractivity contribution in [1.29, 1.82) is 0 Å². The second-order valence-electron chi connectivity index (χ2n) is 8.62. The zero-order valence-electron chi connectivity index (χ0n) is 19.5. The summed E-state index contributed by atoms with van der Waals surface area (Å²) in [5.74, 6) is 0.621. The van der Waals surface area contributed by atoms with E-state index in [-0.39, 0.29) is 18.0 Å². The summed E-state index contributed by atoms with van der Waals surface area (Å²) in [6.07, 6.45) is 2.54. The summed E-state index contributed by atoms with van der Waals surface area (Å²) >= 11 is 0. The molecule has 2 rings (SSSR count). The fourth-order valence-corrected chi connectivity index (χ4v) is 3.08. The molecule has 1 aromatic carbocycles. The quantitative estimate of drug-likeness (QED) is 0.413. The van der Waals surface area contributed by atoms with Crippen LogP contribution in [0, 0.1) is 0 Å². The van der Waals surface area contributed by atoms with Crippen molar-refractivity contribution in [3.8, 4) is 0 Å². The monoisotopic (exact) mass is 431 g/mol. The molecule has 0 radical (unpaired) electrons. The molecule has 0 spiro atoms. The Hall–Kier alpha value is -2.77. The minimum Gasteiger partial charge on any atom is -0.444 e. The lowest BCUT2D eigenvalue weighted by Crippen LogP contribution is -2.45. The van der Waals surface area contributed by atoms with Crippen molar-refractivity contribution in [2.45, 2.75) is 58.6 Å². The first-order valence-electron chi connectivity index (χ1n) is 11.1. The first-order valence-corrected chi connectivity index (χ1v) is 11.1. The van der Waals surface area contributed by atoms with Crippen LogP contribution in [0.15, 0.2) is 29.3 Å². The number of hydrogen-bond donors (Lipinski definition) is 3. The van der Waals surface area contributed by atoms with Gasteiger partial charge in [-0.2, -0.15) is 0 Å². The van der Waals surface area contributed by atoms with Crippen LogP contribution in [0.5, 0.6) is 0 Å². The van der Waals surface area contributed by atoms with E-state index in [9.17, 15) is 9.59 Å². The summed E-state index contributed by atoms with van der Waals surface area (Å²) in [5, 5.41) is 9.18. The molecule has 172 valence electrons. The standard InChI is InChI=1S/C23H37N5O3/c1-6-25-21(26-13-12-17-8-7-9-18(16-17)20(29)24-5)27-14-15-28(19-10-11-19)22(30)31-23(2,3)4/h7-9,16,19H,6,10-15H2,1-5H3,(H,24,29)(H2,25,26,27). The number of benzene rings is 1. The zero-order valence-corrected chi connectivity index (χ0v) is 19.5. The summed E-state index contributed by atoms with van der Waals surface area (Å²) < 4.78 is 5.54. The molecule has 0 atom stereocenters. The lowest BCUT2D eigenvalue weighted by Gasteiger charge is -2.27. The predicted octanol–water partition coefficient (Wildman–Crippen LogP) is 2.54. The van der Waals surface area contributed by atoms with E-state index in [2.05, 4.69) is 20.9 Å². The summed E-state index contributed by atoms with van der Waals surface area (Å²) in [4.78, 5) is 30.7. The molecule has 1 aliphatic rings. The van der Waals surface area contributed by atoms with E-state index in [1.54, 1.807) is 13.1 Å². The number of ether oxygens (including phenoxy) is 1. The summed E-state index contributed by atoms with van der Waals surface area (Å²) in [6, 6.07) is 7.85. The van der Waals surface area contributed by atoms with Gasteiger partial charge in [0.25, 0.3) is 5.91 Å². The van der Waals surface area contributed by atoms with Crippen molar-refractivity contribution in [2.75, 3.05) is 33.2 Å². The minimum absolute atomic E-state index is 0.0921. The first-order chi connectivity index (χ1) is 14.7. The van der Waals surface area contributed by atoms with Gasteiger partial charge >= 0.3 is 6.09 Å². The number of carbonyl (C=O) groups is 2. The third-order valence-electron chi connectivity index (χ3n) is 4.69. The van der Waals surface area contributed by atoms with Gasteiger partial charge in [0.05, 0.1) is 0 Å². The average Bonchev–Trinajstić information content (AvgIpc) is 3.54.